The molecule has 2 aliphatic rings. The summed E-state index contributed by atoms with van der Waals surface area (Å²) >= 11 is 0. The zero-order chi connectivity index (χ0) is 23.3. The van der Waals surface area contributed by atoms with Crippen LogP contribution in [0.15, 0.2) is 24.3 Å². The topological polar surface area (TPSA) is 103 Å². The summed E-state index contributed by atoms with van der Waals surface area (Å²) in [5, 5.41) is 11.8. The third-order valence-electron chi connectivity index (χ3n) is 5.81. The molecule has 32 heavy (non-hydrogen) atoms. The van der Waals surface area contributed by atoms with Crippen LogP contribution < -0.4 is 5.32 Å². The first kappa shape index (κ1) is 23.6. The van der Waals surface area contributed by atoms with Gasteiger partial charge in [-0.25, -0.2) is 4.79 Å². The van der Waals surface area contributed by atoms with Crippen molar-refractivity contribution in [2.24, 2.45) is 5.92 Å². The third kappa shape index (κ3) is 6.22. The minimum atomic E-state index is -0.550. The normalized spacial score (nSPS) is 21.2. The Labute approximate surface area is 189 Å². The van der Waals surface area contributed by atoms with Crippen LogP contribution in [-0.2, 0) is 20.9 Å². The Kier molecular flexibility index (Phi) is 7.39. The lowest BCUT2D eigenvalue weighted by Crippen LogP contribution is -2.51. The number of amides is 3. The summed E-state index contributed by atoms with van der Waals surface area (Å²) in [4.78, 5) is 41.2. The van der Waals surface area contributed by atoms with Crippen LogP contribution in [0.5, 0.6) is 0 Å². The number of carbonyl (C=O) groups is 3. The quantitative estimate of drug-likeness (QED) is 0.758. The fraction of sp³-hybridized carbons (Fsp3) is 0.583. The van der Waals surface area contributed by atoms with Crippen molar-refractivity contribution in [3.05, 3.63) is 35.4 Å². The molecular weight excluding hydrogens is 408 g/mol. The van der Waals surface area contributed by atoms with Gasteiger partial charge in [-0.1, -0.05) is 12.1 Å². The molecular formula is C24H32N4O4. The van der Waals surface area contributed by atoms with Gasteiger partial charge < -0.3 is 19.9 Å². The maximum atomic E-state index is 13.3. The first-order valence-electron chi connectivity index (χ1n) is 11.2. The molecule has 1 aromatic carbocycles. The number of likely N-dealkylation sites (tertiary alicyclic amines) is 2. The summed E-state index contributed by atoms with van der Waals surface area (Å²) in [5.74, 6) is 0.114. The standard InChI is InChI=1S/C24H32N4O4/c1-24(2,3)32-23(31)26-14-19-5-4-12-27(15-19)22(30)20-10-11-21(29)28(20)16-18-8-6-17(13-25)7-9-18/h6-9,19-20H,4-5,10-12,14-16H2,1-3H3,(H,26,31)/t19-,20+/m1/s1. The van der Waals surface area contributed by atoms with Crippen molar-refractivity contribution in [3.8, 4) is 6.07 Å². The summed E-state index contributed by atoms with van der Waals surface area (Å²) in [5.41, 5.74) is 0.912. The smallest absolute Gasteiger partial charge is 0.407 e. The number of hydrogen-bond acceptors (Lipinski definition) is 5. The Hall–Kier alpha value is -3.08. The van der Waals surface area contributed by atoms with E-state index in [1.165, 1.54) is 0 Å². The molecule has 0 radical (unpaired) electrons. The Morgan fingerprint density at radius 3 is 2.59 bits per heavy atom. The second kappa shape index (κ2) is 10.0. The van der Waals surface area contributed by atoms with Gasteiger partial charge in [0.25, 0.3) is 0 Å². The number of nitrogens with one attached hydrogen (secondary N) is 1. The predicted molar refractivity (Wildman–Crippen MR) is 118 cm³/mol. The number of carbonyl (C=O) groups excluding carboxylic acids is 3. The first-order chi connectivity index (χ1) is 15.2. The van der Waals surface area contributed by atoms with Crippen molar-refractivity contribution >= 4 is 17.9 Å². The van der Waals surface area contributed by atoms with Crippen LogP contribution in [-0.4, -0.2) is 59.0 Å². The Morgan fingerprint density at radius 2 is 1.94 bits per heavy atom. The van der Waals surface area contributed by atoms with Crippen LogP contribution in [0.4, 0.5) is 4.79 Å². The molecule has 2 saturated heterocycles. The van der Waals surface area contributed by atoms with E-state index in [1.54, 1.807) is 17.0 Å². The maximum absolute atomic E-state index is 13.3. The van der Waals surface area contributed by atoms with E-state index in [2.05, 4.69) is 11.4 Å². The molecule has 0 aromatic heterocycles. The highest BCUT2D eigenvalue weighted by Gasteiger charge is 2.39. The van der Waals surface area contributed by atoms with Crippen LogP contribution in [0.2, 0.25) is 0 Å². The molecule has 0 saturated carbocycles. The number of piperidine rings is 1. The molecule has 2 atom stereocenters. The van der Waals surface area contributed by atoms with E-state index in [4.69, 9.17) is 10.00 Å². The van der Waals surface area contributed by atoms with Gasteiger partial charge in [0.1, 0.15) is 11.6 Å². The maximum Gasteiger partial charge on any atom is 0.407 e. The largest absolute Gasteiger partial charge is 0.444 e. The van der Waals surface area contributed by atoms with Gasteiger partial charge in [0.15, 0.2) is 0 Å². The van der Waals surface area contributed by atoms with Gasteiger partial charge in [0, 0.05) is 32.6 Å². The summed E-state index contributed by atoms with van der Waals surface area (Å²) < 4.78 is 5.29. The van der Waals surface area contributed by atoms with Crippen LogP contribution in [0, 0.1) is 17.2 Å². The van der Waals surface area contributed by atoms with E-state index in [1.807, 2.05) is 37.8 Å². The molecule has 172 valence electrons. The zero-order valence-electron chi connectivity index (χ0n) is 19.1. The molecule has 2 aliphatic heterocycles. The van der Waals surface area contributed by atoms with Gasteiger partial charge in [-0.3, -0.25) is 9.59 Å². The molecule has 2 fully saturated rings. The van der Waals surface area contributed by atoms with Gasteiger partial charge in [-0.15, -0.1) is 0 Å². The van der Waals surface area contributed by atoms with E-state index >= 15 is 0 Å². The summed E-state index contributed by atoms with van der Waals surface area (Å²) in [7, 11) is 0. The lowest BCUT2D eigenvalue weighted by atomic mass is 9.97. The van der Waals surface area contributed by atoms with E-state index < -0.39 is 17.7 Å². The highest BCUT2D eigenvalue weighted by molar-refractivity contribution is 5.91. The van der Waals surface area contributed by atoms with Crippen LogP contribution in [0.3, 0.4) is 0 Å². The molecule has 1 aromatic rings. The molecule has 2 heterocycles. The highest BCUT2D eigenvalue weighted by Crippen LogP contribution is 2.26. The van der Waals surface area contributed by atoms with Crippen molar-refractivity contribution in [3.63, 3.8) is 0 Å². The Bertz CT molecular complexity index is 885. The molecule has 0 spiro atoms. The Morgan fingerprint density at radius 1 is 1.22 bits per heavy atom. The molecule has 0 bridgehead atoms. The van der Waals surface area contributed by atoms with E-state index in [-0.39, 0.29) is 17.7 Å². The fourth-order valence-electron chi connectivity index (χ4n) is 4.25. The van der Waals surface area contributed by atoms with Crippen LogP contribution >= 0.6 is 0 Å². The minimum Gasteiger partial charge on any atom is -0.444 e. The van der Waals surface area contributed by atoms with Gasteiger partial charge in [0.05, 0.1) is 11.6 Å². The lowest BCUT2D eigenvalue weighted by Gasteiger charge is -2.36. The number of hydrogen-bond donors (Lipinski definition) is 1. The second-order valence-corrected chi connectivity index (χ2v) is 9.56. The minimum absolute atomic E-state index is 0.0205. The fourth-order valence-corrected chi connectivity index (χ4v) is 4.25. The highest BCUT2D eigenvalue weighted by atomic mass is 16.6. The van der Waals surface area contributed by atoms with E-state index in [0.29, 0.717) is 44.6 Å². The van der Waals surface area contributed by atoms with Crippen molar-refractivity contribution in [2.45, 2.75) is 64.6 Å². The molecule has 3 rings (SSSR count). The number of ether oxygens (including phenoxy) is 1. The van der Waals surface area contributed by atoms with Crippen molar-refractivity contribution in [1.82, 2.24) is 15.1 Å². The number of nitriles is 1. The number of alkyl carbamates (subject to hydrolysis) is 1. The first-order valence-corrected chi connectivity index (χ1v) is 11.2. The van der Waals surface area contributed by atoms with Gasteiger partial charge in [-0.05, 0) is 63.6 Å². The Balaban J connectivity index is 1.58. The second-order valence-electron chi connectivity index (χ2n) is 9.56. The van der Waals surface area contributed by atoms with Gasteiger partial charge >= 0.3 is 6.09 Å². The van der Waals surface area contributed by atoms with Gasteiger partial charge in [0.2, 0.25) is 11.8 Å². The average Bonchev–Trinajstić information content (AvgIpc) is 3.11. The molecule has 8 heteroatoms. The summed E-state index contributed by atoms with van der Waals surface area (Å²) in [6, 6.07) is 8.71. The zero-order valence-corrected chi connectivity index (χ0v) is 19.1. The molecule has 3 amide bonds. The molecule has 0 aliphatic carbocycles. The average molecular weight is 441 g/mol. The monoisotopic (exact) mass is 440 g/mol. The summed E-state index contributed by atoms with van der Waals surface area (Å²) in [6.45, 7) is 7.50. The van der Waals surface area contributed by atoms with Crippen molar-refractivity contribution < 1.29 is 19.1 Å². The van der Waals surface area contributed by atoms with Crippen LogP contribution in [0.1, 0.15) is 57.6 Å². The number of benzene rings is 1. The number of nitrogens with zero attached hydrogens (tertiary/aromatic N) is 3. The van der Waals surface area contributed by atoms with Crippen molar-refractivity contribution in [1.29, 1.82) is 5.26 Å². The lowest BCUT2D eigenvalue weighted by molar-refractivity contribution is -0.143. The molecule has 0 unspecified atom stereocenters. The van der Waals surface area contributed by atoms with E-state index in [0.717, 1.165) is 18.4 Å². The van der Waals surface area contributed by atoms with E-state index in [9.17, 15) is 14.4 Å². The van der Waals surface area contributed by atoms with Gasteiger partial charge in [-0.2, -0.15) is 5.26 Å². The molecule has 1 N–H and O–H groups in total. The summed E-state index contributed by atoms with van der Waals surface area (Å²) in [6.07, 6.45) is 2.23. The SMILES string of the molecule is CC(C)(C)OC(=O)NC[C@H]1CCCN(C(=O)[C@@H]2CCC(=O)N2Cc2ccc(C#N)cc2)C1. The predicted octanol–water partition coefficient (Wildman–Crippen LogP) is 2.81. The molecule has 8 nitrogen and oxygen atoms in total. The van der Waals surface area contributed by atoms with Crippen molar-refractivity contribution in [2.75, 3.05) is 19.6 Å². The number of rotatable bonds is 5. The third-order valence-corrected chi connectivity index (χ3v) is 5.81. The van der Waals surface area contributed by atoms with Crippen LogP contribution in [0.25, 0.3) is 0 Å².